The lowest BCUT2D eigenvalue weighted by Gasteiger charge is -2.26. The van der Waals surface area contributed by atoms with E-state index in [1.54, 1.807) is 23.0 Å². The molecule has 6 heteroatoms. The predicted molar refractivity (Wildman–Crippen MR) is 107 cm³/mol. The quantitative estimate of drug-likeness (QED) is 0.631. The average molecular weight is 405 g/mol. The highest BCUT2D eigenvalue weighted by molar-refractivity contribution is 9.10. The molecule has 0 radical (unpaired) electrons. The number of benzene rings is 1. The van der Waals surface area contributed by atoms with Crippen molar-refractivity contribution in [1.29, 1.82) is 0 Å². The number of likely N-dealkylation sites (N-methyl/N-ethyl adjacent to an activating group) is 1. The SMILES string of the molecule is CCN(CC)CCN(C(=O)/C=C/c1cnn(C)c1)c1cccc(Br)c1. The van der Waals surface area contributed by atoms with Gasteiger partial charge in [-0.05, 0) is 37.4 Å². The van der Waals surface area contributed by atoms with Gasteiger partial charge < -0.3 is 9.80 Å². The number of amides is 1. The molecule has 25 heavy (non-hydrogen) atoms. The summed E-state index contributed by atoms with van der Waals surface area (Å²) in [6.07, 6.45) is 7.03. The minimum atomic E-state index is -0.0332. The fraction of sp³-hybridized carbons (Fsp3) is 0.368. The third-order valence-electron chi connectivity index (χ3n) is 4.06. The summed E-state index contributed by atoms with van der Waals surface area (Å²) in [7, 11) is 1.86. The van der Waals surface area contributed by atoms with Gasteiger partial charge in [-0.15, -0.1) is 0 Å². The summed E-state index contributed by atoms with van der Waals surface area (Å²) in [5.41, 5.74) is 1.80. The van der Waals surface area contributed by atoms with Crippen molar-refractivity contribution in [2.45, 2.75) is 13.8 Å². The molecule has 0 fully saturated rings. The van der Waals surface area contributed by atoms with Gasteiger partial charge in [-0.25, -0.2) is 0 Å². The summed E-state index contributed by atoms with van der Waals surface area (Å²) in [6, 6.07) is 7.84. The maximum atomic E-state index is 12.8. The van der Waals surface area contributed by atoms with Crippen LogP contribution in [-0.2, 0) is 11.8 Å². The zero-order valence-corrected chi connectivity index (χ0v) is 16.6. The monoisotopic (exact) mass is 404 g/mol. The Morgan fingerprint density at radius 2 is 2.04 bits per heavy atom. The Bertz CT molecular complexity index is 722. The summed E-state index contributed by atoms with van der Waals surface area (Å²) >= 11 is 3.49. The number of hydrogen-bond donors (Lipinski definition) is 0. The van der Waals surface area contributed by atoms with Crippen molar-refractivity contribution in [3.63, 3.8) is 0 Å². The number of hydrogen-bond acceptors (Lipinski definition) is 3. The van der Waals surface area contributed by atoms with Gasteiger partial charge >= 0.3 is 0 Å². The van der Waals surface area contributed by atoms with Crippen molar-refractivity contribution in [3.8, 4) is 0 Å². The zero-order valence-electron chi connectivity index (χ0n) is 15.0. The fourth-order valence-electron chi connectivity index (χ4n) is 2.58. The molecule has 0 unspecified atom stereocenters. The van der Waals surface area contributed by atoms with Crippen molar-refractivity contribution >= 4 is 33.6 Å². The summed E-state index contributed by atoms with van der Waals surface area (Å²) in [6.45, 7) is 7.71. The van der Waals surface area contributed by atoms with E-state index in [1.807, 2.05) is 42.4 Å². The van der Waals surface area contributed by atoms with E-state index >= 15 is 0 Å². The van der Waals surface area contributed by atoms with Crippen LogP contribution in [0.4, 0.5) is 5.69 Å². The van der Waals surface area contributed by atoms with Gasteiger partial charge in [-0.3, -0.25) is 9.48 Å². The number of halogens is 1. The van der Waals surface area contributed by atoms with Crippen molar-refractivity contribution in [2.24, 2.45) is 7.05 Å². The lowest BCUT2D eigenvalue weighted by atomic mass is 10.2. The molecule has 1 heterocycles. The lowest BCUT2D eigenvalue weighted by molar-refractivity contribution is -0.114. The third kappa shape index (κ3) is 5.83. The molecule has 134 valence electrons. The van der Waals surface area contributed by atoms with Gasteiger partial charge in [-0.2, -0.15) is 5.10 Å². The number of aromatic nitrogens is 2. The van der Waals surface area contributed by atoms with Crippen LogP contribution in [0, 0.1) is 0 Å². The van der Waals surface area contributed by atoms with Crippen LogP contribution in [0.25, 0.3) is 6.08 Å². The molecule has 0 aliphatic carbocycles. The van der Waals surface area contributed by atoms with Crippen LogP contribution in [0.3, 0.4) is 0 Å². The van der Waals surface area contributed by atoms with E-state index in [2.05, 4.69) is 39.8 Å². The molecule has 5 nitrogen and oxygen atoms in total. The standard InChI is InChI=1S/C19H25BrN4O/c1-4-23(5-2)11-12-24(18-8-6-7-17(20)13-18)19(25)10-9-16-14-21-22(3)15-16/h6-10,13-15H,4-5,11-12H2,1-3H3/b10-9+. The highest BCUT2D eigenvalue weighted by Gasteiger charge is 2.14. The number of nitrogens with zero attached hydrogens (tertiary/aromatic N) is 4. The van der Waals surface area contributed by atoms with Crippen LogP contribution >= 0.6 is 15.9 Å². The number of aryl methyl sites for hydroxylation is 1. The summed E-state index contributed by atoms with van der Waals surface area (Å²) in [5, 5.41) is 4.12. The minimum absolute atomic E-state index is 0.0332. The van der Waals surface area contributed by atoms with Gasteiger partial charge in [0, 0.05) is 48.1 Å². The van der Waals surface area contributed by atoms with Crippen LogP contribution in [0.15, 0.2) is 47.2 Å². The van der Waals surface area contributed by atoms with Crippen molar-refractivity contribution in [2.75, 3.05) is 31.1 Å². The average Bonchev–Trinajstić information content (AvgIpc) is 3.02. The smallest absolute Gasteiger partial charge is 0.251 e. The second kappa shape index (κ2) is 9.53. The fourth-order valence-corrected chi connectivity index (χ4v) is 2.96. The highest BCUT2D eigenvalue weighted by Crippen LogP contribution is 2.20. The molecule has 0 N–H and O–H groups in total. The predicted octanol–water partition coefficient (Wildman–Crippen LogP) is 3.57. The Morgan fingerprint density at radius 3 is 2.64 bits per heavy atom. The summed E-state index contributed by atoms with van der Waals surface area (Å²) in [5.74, 6) is -0.0332. The molecule has 2 rings (SSSR count). The van der Waals surface area contributed by atoms with E-state index in [0.29, 0.717) is 6.54 Å². The Hall–Kier alpha value is -1.92. The highest BCUT2D eigenvalue weighted by atomic mass is 79.9. The largest absolute Gasteiger partial charge is 0.308 e. The van der Waals surface area contributed by atoms with Crippen LogP contribution in [0.1, 0.15) is 19.4 Å². The topological polar surface area (TPSA) is 41.4 Å². The van der Waals surface area contributed by atoms with Crippen LogP contribution < -0.4 is 4.90 Å². The molecular formula is C19H25BrN4O. The minimum Gasteiger partial charge on any atom is -0.308 e. The second-order valence-corrected chi connectivity index (χ2v) is 6.69. The Morgan fingerprint density at radius 1 is 1.28 bits per heavy atom. The van der Waals surface area contributed by atoms with Gasteiger partial charge in [0.1, 0.15) is 0 Å². The van der Waals surface area contributed by atoms with Crippen LogP contribution in [0.5, 0.6) is 0 Å². The van der Waals surface area contributed by atoms with Crippen molar-refractivity contribution in [1.82, 2.24) is 14.7 Å². The molecule has 1 aromatic heterocycles. The Balaban J connectivity index is 2.17. The number of anilines is 1. The molecule has 1 amide bonds. The molecule has 0 saturated carbocycles. The molecule has 0 bridgehead atoms. The molecule has 0 spiro atoms. The lowest BCUT2D eigenvalue weighted by Crippen LogP contribution is -2.38. The van der Waals surface area contributed by atoms with Gasteiger partial charge in [0.05, 0.1) is 6.20 Å². The number of rotatable bonds is 8. The Labute approximate surface area is 158 Å². The van der Waals surface area contributed by atoms with E-state index in [0.717, 1.165) is 35.4 Å². The second-order valence-electron chi connectivity index (χ2n) is 5.78. The molecule has 1 aromatic carbocycles. The van der Waals surface area contributed by atoms with Crippen molar-refractivity contribution in [3.05, 3.63) is 52.8 Å². The summed E-state index contributed by atoms with van der Waals surface area (Å²) < 4.78 is 2.68. The first-order valence-electron chi connectivity index (χ1n) is 8.49. The first-order chi connectivity index (χ1) is 12.0. The molecule has 2 aromatic rings. The Kier molecular flexibility index (Phi) is 7.40. The van der Waals surface area contributed by atoms with Crippen LogP contribution in [0.2, 0.25) is 0 Å². The van der Waals surface area contributed by atoms with E-state index in [1.165, 1.54) is 0 Å². The molecular weight excluding hydrogens is 380 g/mol. The van der Waals surface area contributed by atoms with E-state index in [4.69, 9.17) is 0 Å². The molecule has 0 aliphatic rings. The van der Waals surface area contributed by atoms with Crippen molar-refractivity contribution < 1.29 is 4.79 Å². The maximum absolute atomic E-state index is 12.8. The summed E-state index contributed by atoms with van der Waals surface area (Å²) in [4.78, 5) is 16.9. The van der Waals surface area contributed by atoms with Gasteiger partial charge in [0.15, 0.2) is 0 Å². The molecule has 0 aliphatic heterocycles. The number of carbonyl (C=O) groups is 1. The van der Waals surface area contributed by atoms with Gasteiger partial charge in [0.25, 0.3) is 5.91 Å². The number of carbonyl (C=O) groups excluding carboxylic acids is 1. The first-order valence-corrected chi connectivity index (χ1v) is 9.29. The molecule has 0 atom stereocenters. The maximum Gasteiger partial charge on any atom is 0.251 e. The molecule has 0 saturated heterocycles. The first kappa shape index (κ1) is 19.4. The van der Waals surface area contributed by atoms with Crippen LogP contribution in [-0.4, -0.2) is 46.8 Å². The van der Waals surface area contributed by atoms with Gasteiger partial charge in [-0.1, -0.05) is 35.8 Å². The van der Waals surface area contributed by atoms with E-state index < -0.39 is 0 Å². The zero-order chi connectivity index (χ0) is 18.2. The van der Waals surface area contributed by atoms with Gasteiger partial charge in [0.2, 0.25) is 0 Å². The normalized spacial score (nSPS) is 11.4. The third-order valence-corrected chi connectivity index (χ3v) is 4.56. The van der Waals surface area contributed by atoms with E-state index in [-0.39, 0.29) is 5.91 Å². The van der Waals surface area contributed by atoms with E-state index in [9.17, 15) is 4.79 Å².